The lowest BCUT2D eigenvalue weighted by Crippen LogP contribution is -2.32. The third kappa shape index (κ3) is 4.43. The number of anilines is 3. The van der Waals surface area contributed by atoms with Gasteiger partial charge < -0.3 is 4.90 Å². The Morgan fingerprint density at radius 3 is 1.72 bits per heavy atom. The Hall–Kier alpha value is -5.66. The summed E-state index contributed by atoms with van der Waals surface area (Å²) in [6.07, 6.45) is 5.36. The summed E-state index contributed by atoms with van der Waals surface area (Å²) in [6, 6.07) is 61.9. The van der Waals surface area contributed by atoms with Gasteiger partial charge in [0, 0.05) is 27.8 Å². The minimum atomic E-state index is -0.0975. The molecule has 53 heavy (non-hydrogen) atoms. The Morgan fingerprint density at radius 2 is 1.04 bits per heavy atom. The molecule has 2 saturated carbocycles. The van der Waals surface area contributed by atoms with E-state index in [0.29, 0.717) is 5.92 Å². The topological polar surface area (TPSA) is 3.24 Å². The number of hydrogen-bond donors (Lipinski definition) is 0. The third-order valence-electron chi connectivity index (χ3n) is 13.5. The first-order valence-electron chi connectivity index (χ1n) is 19.5. The molecule has 7 aromatic carbocycles. The Balaban J connectivity index is 1.16. The highest BCUT2D eigenvalue weighted by Crippen LogP contribution is 2.66. The Labute approximate surface area is 313 Å². The summed E-state index contributed by atoms with van der Waals surface area (Å²) in [6.45, 7) is 4.78. The highest BCUT2D eigenvalue weighted by atomic mass is 15.1. The van der Waals surface area contributed by atoms with Gasteiger partial charge in [0.05, 0.1) is 5.69 Å². The molecule has 7 aromatic rings. The minimum Gasteiger partial charge on any atom is -0.310 e. The molecule has 1 spiro atoms. The van der Waals surface area contributed by atoms with Crippen molar-refractivity contribution >= 4 is 17.1 Å². The van der Waals surface area contributed by atoms with E-state index in [0.717, 1.165) is 5.92 Å². The summed E-state index contributed by atoms with van der Waals surface area (Å²) >= 11 is 0. The van der Waals surface area contributed by atoms with E-state index in [-0.39, 0.29) is 10.8 Å². The quantitative estimate of drug-likeness (QED) is 0.175. The molecular weight excluding hydrogens is 639 g/mol. The summed E-state index contributed by atoms with van der Waals surface area (Å²) < 4.78 is 0. The van der Waals surface area contributed by atoms with Gasteiger partial charge in [-0.1, -0.05) is 148 Å². The summed E-state index contributed by atoms with van der Waals surface area (Å²) in [5, 5.41) is 0. The van der Waals surface area contributed by atoms with Crippen LogP contribution >= 0.6 is 0 Å². The van der Waals surface area contributed by atoms with Crippen molar-refractivity contribution < 1.29 is 0 Å². The van der Waals surface area contributed by atoms with Gasteiger partial charge >= 0.3 is 0 Å². The van der Waals surface area contributed by atoms with Gasteiger partial charge in [-0.2, -0.15) is 0 Å². The smallest absolute Gasteiger partial charge is 0.0540 e. The van der Waals surface area contributed by atoms with Crippen molar-refractivity contribution in [1.29, 1.82) is 0 Å². The van der Waals surface area contributed by atoms with Crippen molar-refractivity contribution in [2.24, 2.45) is 11.8 Å². The van der Waals surface area contributed by atoms with Crippen LogP contribution in [-0.4, -0.2) is 0 Å². The maximum atomic E-state index is 2.60. The van der Waals surface area contributed by atoms with Crippen LogP contribution in [0.3, 0.4) is 0 Å². The van der Waals surface area contributed by atoms with Crippen LogP contribution < -0.4 is 4.90 Å². The molecule has 0 heterocycles. The normalized spacial score (nSPS) is 20.9. The fourth-order valence-electron chi connectivity index (χ4n) is 11.2. The van der Waals surface area contributed by atoms with Gasteiger partial charge in [0.2, 0.25) is 0 Å². The summed E-state index contributed by atoms with van der Waals surface area (Å²) in [5.41, 5.74) is 20.0. The van der Waals surface area contributed by atoms with Gasteiger partial charge in [0.15, 0.2) is 0 Å². The van der Waals surface area contributed by atoms with E-state index in [2.05, 4.69) is 183 Å². The lowest BCUT2D eigenvalue weighted by Gasteiger charge is -2.37. The third-order valence-corrected chi connectivity index (χ3v) is 13.5. The molecule has 0 amide bonds. The molecule has 0 N–H and O–H groups in total. The van der Waals surface area contributed by atoms with Crippen molar-refractivity contribution in [3.05, 3.63) is 186 Å². The zero-order chi connectivity index (χ0) is 35.3. The molecule has 4 aliphatic rings. The monoisotopic (exact) mass is 681 g/mol. The Bertz CT molecular complexity index is 2560. The molecule has 2 bridgehead atoms. The molecule has 1 heteroatoms. The average molecular weight is 682 g/mol. The van der Waals surface area contributed by atoms with Crippen LogP contribution in [0.5, 0.6) is 0 Å². The van der Waals surface area contributed by atoms with E-state index in [1.807, 2.05) is 0 Å². The van der Waals surface area contributed by atoms with Crippen LogP contribution in [0.1, 0.15) is 61.8 Å². The lowest BCUT2D eigenvalue weighted by molar-refractivity contribution is 0.327. The van der Waals surface area contributed by atoms with Crippen LogP contribution in [0.2, 0.25) is 0 Å². The van der Waals surface area contributed by atoms with Gasteiger partial charge in [-0.25, -0.2) is 0 Å². The molecule has 2 fully saturated rings. The van der Waals surface area contributed by atoms with Crippen molar-refractivity contribution in [2.75, 3.05) is 4.90 Å². The number of hydrogen-bond acceptors (Lipinski definition) is 1. The summed E-state index contributed by atoms with van der Waals surface area (Å²) in [4.78, 5) is 2.57. The zero-order valence-corrected chi connectivity index (χ0v) is 30.5. The maximum Gasteiger partial charge on any atom is 0.0540 e. The van der Waals surface area contributed by atoms with Crippen LogP contribution in [0.15, 0.2) is 164 Å². The summed E-state index contributed by atoms with van der Waals surface area (Å²) in [5.74, 6) is 1.54. The van der Waals surface area contributed by atoms with E-state index < -0.39 is 0 Å². The van der Waals surface area contributed by atoms with E-state index in [1.54, 1.807) is 11.1 Å². The molecule has 0 aromatic heterocycles. The second-order valence-corrected chi connectivity index (χ2v) is 16.5. The Morgan fingerprint density at radius 1 is 0.453 bits per heavy atom. The van der Waals surface area contributed by atoms with Gasteiger partial charge in [0.25, 0.3) is 0 Å². The fourth-order valence-corrected chi connectivity index (χ4v) is 11.2. The zero-order valence-electron chi connectivity index (χ0n) is 30.5. The van der Waals surface area contributed by atoms with E-state index >= 15 is 0 Å². The predicted octanol–water partition coefficient (Wildman–Crippen LogP) is 13.9. The van der Waals surface area contributed by atoms with Gasteiger partial charge in [0.1, 0.15) is 0 Å². The minimum absolute atomic E-state index is 0.0975. The van der Waals surface area contributed by atoms with Crippen LogP contribution in [0.25, 0.3) is 44.5 Å². The van der Waals surface area contributed by atoms with E-state index in [4.69, 9.17) is 0 Å². The standard InChI is InChI=1S/C52H43N/c1-51(2)46-19-11-9-17-41(46)43-26-24-39(31-48(43)51)53(50-28-22-37(35-13-5-3-6-14-35)30-45(50)36-15-7-4-8-16-36)40-25-27-44-42-18-10-12-20-47(42)52(49(44)32-40)33-34-21-23-38(52)29-34/h3-20,22,24-28,30-32,34,38H,21,23,29,33H2,1-2H3/t34-,38+,52+/m0/s1. The number of rotatable bonds is 5. The van der Waals surface area contributed by atoms with Gasteiger partial charge in [-0.05, 0) is 129 Å². The van der Waals surface area contributed by atoms with Crippen LogP contribution in [0, 0.1) is 11.8 Å². The maximum absolute atomic E-state index is 2.60. The highest BCUT2D eigenvalue weighted by molar-refractivity contribution is 5.94. The van der Waals surface area contributed by atoms with Gasteiger partial charge in [-0.3, -0.25) is 0 Å². The first kappa shape index (κ1) is 30.9. The van der Waals surface area contributed by atoms with Crippen molar-refractivity contribution in [1.82, 2.24) is 0 Å². The van der Waals surface area contributed by atoms with Crippen molar-refractivity contribution in [3.63, 3.8) is 0 Å². The molecule has 11 rings (SSSR count). The molecule has 0 saturated heterocycles. The molecule has 4 aliphatic carbocycles. The lowest BCUT2D eigenvalue weighted by atomic mass is 9.67. The summed E-state index contributed by atoms with van der Waals surface area (Å²) in [7, 11) is 0. The van der Waals surface area contributed by atoms with Crippen molar-refractivity contribution in [2.45, 2.75) is 50.4 Å². The van der Waals surface area contributed by atoms with Crippen LogP contribution in [0.4, 0.5) is 17.1 Å². The number of benzene rings is 7. The molecule has 0 radical (unpaired) electrons. The van der Waals surface area contributed by atoms with Crippen molar-refractivity contribution in [3.8, 4) is 44.5 Å². The van der Waals surface area contributed by atoms with E-state index in [1.165, 1.54) is 98.4 Å². The first-order chi connectivity index (χ1) is 26.0. The fraction of sp³-hybridized carbons (Fsp3) is 0.192. The molecular formula is C52H43N. The second kappa shape index (κ2) is 11.4. The number of fused-ring (bicyclic) bond motifs is 11. The Kier molecular flexibility index (Phi) is 6.66. The van der Waals surface area contributed by atoms with Gasteiger partial charge in [-0.15, -0.1) is 0 Å². The number of nitrogens with zero attached hydrogens (tertiary/aromatic N) is 1. The molecule has 3 atom stereocenters. The van der Waals surface area contributed by atoms with Crippen LogP contribution in [-0.2, 0) is 10.8 Å². The molecule has 0 aliphatic heterocycles. The van der Waals surface area contributed by atoms with E-state index in [9.17, 15) is 0 Å². The molecule has 1 nitrogen and oxygen atoms in total. The highest BCUT2D eigenvalue weighted by Gasteiger charge is 2.56. The first-order valence-corrected chi connectivity index (χ1v) is 19.5. The largest absolute Gasteiger partial charge is 0.310 e. The SMILES string of the molecule is CC1(C)c2ccccc2-c2ccc(N(c3ccc4c(c3)[C@@]3(C[C@H]5CC[C@@H]3C5)c3ccccc3-4)c3ccc(-c4ccccc4)cc3-c3ccccc3)cc21. The second-order valence-electron chi connectivity index (χ2n) is 16.5. The molecule has 256 valence electrons. The predicted molar refractivity (Wildman–Crippen MR) is 221 cm³/mol. The molecule has 0 unspecified atom stereocenters. The average Bonchev–Trinajstić information content (AvgIpc) is 3.96.